The quantitative estimate of drug-likeness (QED) is 0.844. The topological polar surface area (TPSA) is 78.4 Å². The van der Waals surface area contributed by atoms with Crippen LogP contribution in [0.4, 0.5) is 5.82 Å². The van der Waals surface area contributed by atoms with Crippen LogP contribution in [0.3, 0.4) is 0 Å². The third-order valence-corrected chi connectivity index (χ3v) is 6.69. The van der Waals surface area contributed by atoms with Crippen molar-refractivity contribution in [2.45, 2.75) is 38.3 Å². The normalized spacial score (nSPS) is 25.6. The van der Waals surface area contributed by atoms with Crippen molar-refractivity contribution in [3.8, 4) is 0 Å². The molecule has 156 valence electrons. The van der Waals surface area contributed by atoms with Crippen LogP contribution in [0.25, 0.3) is 0 Å². The molecule has 7 heteroatoms. The fourth-order valence-electron chi connectivity index (χ4n) is 5.39. The Morgan fingerprint density at radius 2 is 2.07 bits per heavy atom. The lowest BCUT2D eigenvalue weighted by molar-refractivity contribution is -0.142. The highest BCUT2D eigenvalue weighted by Crippen LogP contribution is 2.39. The van der Waals surface area contributed by atoms with Gasteiger partial charge in [-0.15, -0.1) is 0 Å². The molecule has 7 nitrogen and oxygen atoms in total. The van der Waals surface area contributed by atoms with E-state index in [1.54, 1.807) is 18.6 Å². The zero-order valence-corrected chi connectivity index (χ0v) is 17.0. The van der Waals surface area contributed by atoms with Gasteiger partial charge in [-0.1, -0.05) is 6.07 Å². The van der Waals surface area contributed by atoms with E-state index in [0.717, 1.165) is 43.9 Å². The number of aromatic nitrogens is 2. The Morgan fingerprint density at radius 1 is 1.17 bits per heavy atom. The van der Waals surface area contributed by atoms with Gasteiger partial charge < -0.3 is 15.1 Å². The average Bonchev–Trinajstić information content (AvgIpc) is 2.79. The van der Waals surface area contributed by atoms with Gasteiger partial charge in [0.1, 0.15) is 5.82 Å². The van der Waals surface area contributed by atoms with Crippen LogP contribution in [0, 0.1) is 11.8 Å². The molecule has 3 atom stereocenters. The second-order valence-corrected chi connectivity index (χ2v) is 8.69. The van der Waals surface area contributed by atoms with E-state index in [0.29, 0.717) is 42.3 Å². The molecule has 2 aromatic rings. The molecule has 1 N–H and O–H groups in total. The van der Waals surface area contributed by atoms with Gasteiger partial charge in [-0.25, -0.2) is 4.98 Å². The molecule has 5 rings (SSSR count). The number of nitrogens with zero attached hydrogens (tertiary/aromatic N) is 4. The summed E-state index contributed by atoms with van der Waals surface area (Å²) in [6.45, 7) is 2.97. The van der Waals surface area contributed by atoms with Crippen molar-refractivity contribution in [2.24, 2.45) is 11.8 Å². The maximum absolute atomic E-state index is 12.9. The smallest absolute Gasteiger partial charge is 0.255 e. The molecule has 3 saturated heterocycles. The standard InChI is InChI=1S/C23H27N5O2/c29-21-7-1-6-20-18-10-17(14-28(20)21)13-27(15-18)22-19(5-3-9-25-22)23(30)26-12-16-4-2-8-24-11-16/h2-5,8-9,11,17-18,20H,1,6-7,10,12-15H2,(H,26,30)/t17?,18?,20-/m1/s1. The molecular formula is C23H27N5O2. The molecule has 0 saturated carbocycles. The summed E-state index contributed by atoms with van der Waals surface area (Å²) in [5, 5.41) is 3.00. The molecule has 0 radical (unpaired) electrons. The van der Waals surface area contributed by atoms with Crippen molar-refractivity contribution in [3.05, 3.63) is 54.0 Å². The first-order valence-corrected chi connectivity index (χ1v) is 10.9. The van der Waals surface area contributed by atoms with Gasteiger partial charge in [0.05, 0.1) is 5.56 Å². The number of rotatable bonds is 4. The minimum absolute atomic E-state index is 0.118. The number of piperidine rings is 3. The van der Waals surface area contributed by atoms with E-state index in [9.17, 15) is 9.59 Å². The van der Waals surface area contributed by atoms with Gasteiger partial charge in [-0.3, -0.25) is 14.6 Å². The van der Waals surface area contributed by atoms with Crippen molar-refractivity contribution in [3.63, 3.8) is 0 Å². The van der Waals surface area contributed by atoms with Crippen molar-refractivity contribution in [1.82, 2.24) is 20.2 Å². The Labute approximate surface area is 176 Å². The Hall–Kier alpha value is -2.96. The maximum Gasteiger partial charge on any atom is 0.255 e. The third-order valence-electron chi connectivity index (χ3n) is 6.69. The summed E-state index contributed by atoms with van der Waals surface area (Å²) >= 11 is 0. The Kier molecular flexibility index (Phi) is 5.11. The molecule has 2 amide bonds. The molecule has 30 heavy (non-hydrogen) atoms. The van der Waals surface area contributed by atoms with Crippen LogP contribution in [0.2, 0.25) is 0 Å². The Balaban J connectivity index is 1.33. The predicted octanol–water partition coefficient (Wildman–Crippen LogP) is 2.24. The average molecular weight is 406 g/mol. The van der Waals surface area contributed by atoms with Crippen LogP contribution in [-0.2, 0) is 11.3 Å². The minimum atomic E-state index is -0.118. The second kappa shape index (κ2) is 8.05. The first-order valence-electron chi connectivity index (χ1n) is 10.9. The number of nitrogens with one attached hydrogen (secondary N) is 1. The summed E-state index contributed by atoms with van der Waals surface area (Å²) in [5.41, 5.74) is 1.57. The van der Waals surface area contributed by atoms with E-state index in [4.69, 9.17) is 0 Å². The molecule has 3 aliphatic heterocycles. The fourth-order valence-corrected chi connectivity index (χ4v) is 5.39. The van der Waals surface area contributed by atoms with Gasteiger partial charge in [-0.05, 0) is 54.9 Å². The van der Waals surface area contributed by atoms with Crippen molar-refractivity contribution < 1.29 is 9.59 Å². The summed E-state index contributed by atoms with van der Waals surface area (Å²) < 4.78 is 0. The van der Waals surface area contributed by atoms with Crippen LogP contribution < -0.4 is 10.2 Å². The van der Waals surface area contributed by atoms with E-state index in [1.807, 2.05) is 24.3 Å². The molecule has 2 aromatic heterocycles. The van der Waals surface area contributed by atoms with Crippen molar-refractivity contribution in [1.29, 1.82) is 0 Å². The van der Waals surface area contributed by atoms with Gasteiger partial charge in [0, 0.05) is 57.2 Å². The lowest BCUT2D eigenvalue weighted by Crippen LogP contribution is -2.60. The number of fused-ring (bicyclic) bond motifs is 4. The number of amides is 2. The van der Waals surface area contributed by atoms with Gasteiger partial charge >= 0.3 is 0 Å². The van der Waals surface area contributed by atoms with Gasteiger partial charge in [0.2, 0.25) is 5.91 Å². The van der Waals surface area contributed by atoms with Crippen LogP contribution in [0.1, 0.15) is 41.6 Å². The predicted molar refractivity (Wildman–Crippen MR) is 113 cm³/mol. The Morgan fingerprint density at radius 3 is 2.93 bits per heavy atom. The summed E-state index contributed by atoms with van der Waals surface area (Å²) in [4.78, 5) is 38.4. The molecule has 3 aliphatic rings. The zero-order chi connectivity index (χ0) is 20.5. The summed E-state index contributed by atoms with van der Waals surface area (Å²) in [5.74, 6) is 1.85. The molecule has 5 heterocycles. The van der Waals surface area contributed by atoms with Crippen LogP contribution in [0.15, 0.2) is 42.9 Å². The van der Waals surface area contributed by atoms with E-state index >= 15 is 0 Å². The molecule has 0 spiro atoms. The number of carbonyl (C=O) groups excluding carboxylic acids is 2. The molecule has 0 aromatic carbocycles. The molecular weight excluding hydrogens is 378 g/mol. The van der Waals surface area contributed by atoms with Gasteiger partial charge in [0.25, 0.3) is 5.91 Å². The highest BCUT2D eigenvalue weighted by atomic mass is 16.2. The highest BCUT2D eigenvalue weighted by molar-refractivity contribution is 5.98. The number of carbonyl (C=O) groups is 2. The van der Waals surface area contributed by atoms with Crippen molar-refractivity contribution >= 4 is 17.6 Å². The van der Waals surface area contributed by atoms with Crippen LogP contribution in [-0.4, -0.2) is 52.4 Å². The number of anilines is 1. The fraction of sp³-hybridized carbons (Fsp3) is 0.478. The first kappa shape index (κ1) is 19.0. The van der Waals surface area contributed by atoms with E-state index in [-0.39, 0.29) is 5.91 Å². The van der Waals surface area contributed by atoms with E-state index in [2.05, 4.69) is 25.1 Å². The van der Waals surface area contributed by atoms with Crippen molar-refractivity contribution in [2.75, 3.05) is 24.5 Å². The number of pyridine rings is 2. The molecule has 3 fully saturated rings. The SMILES string of the molecule is O=C(NCc1cccnc1)c1cccnc1N1CC2CC(C1)[C@H]1CCCC(=O)N1C2. The van der Waals surface area contributed by atoms with E-state index < -0.39 is 0 Å². The summed E-state index contributed by atoms with van der Waals surface area (Å²) in [7, 11) is 0. The molecule has 2 bridgehead atoms. The van der Waals surface area contributed by atoms with Gasteiger partial charge in [0.15, 0.2) is 0 Å². The Bertz CT molecular complexity index is 934. The first-order chi connectivity index (χ1) is 14.7. The molecule has 0 aliphatic carbocycles. The molecule has 2 unspecified atom stereocenters. The second-order valence-electron chi connectivity index (χ2n) is 8.69. The summed E-state index contributed by atoms with van der Waals surface area (Å²) in [6, 6.07) is 7.82. The lowest BCUT2D eigenvalue weighted by atomic mass is 9.76. The van der Waals surface area contributed by atoms with Crippen LogP contribution >= 0.6 is 0 Å². The third kappa shape index (κ3) is 3.64. The summed E-state index contributed by atoms with van der Waals surface area (Å²) in [6.07, 6.45) is 9.19. The number of hydrogen-bond donors (Lipinski definition) is 1. The van der Waals surface area contributed by atoms with Gasteiger partial charge in [-0.2, -0.15) is 0 Å². The monoisotopic (exact) mass is 405 g/mol. The van der Waals surface area contributed by atoms with E-state index in [1.165, 1.54) is 6.42 Å². The largest absolute Gasteiger partial charge is 0.355 e. The van der Waals surface area contributed by atoms with Crippen LogP contribution in [0.5, 0.6) is 0 Å². The maximum atomic E-state index is 12.9. The zero-order valence-electron chi connectivity index (χ0n) is 17.0. The highest BCUT2D eigenvalue weighted by Gasteiger charge is 2.44. The minimum Gasteiger partial charge on any atom is -0.355 e. The lowest BCUT2D eigenvalue weighted by Gasteiger charge is -2.52. The number of hydrogen-bond acceptors (Lipinski definition) is 5.